The Labute approximate surface area is 158 Å². The second kappa shape index (κ2) is 7.58. The number of rotatable bonds is 5. The number of urea groups is 1. The minimum Gasteiger partial charge on any atom is -0.502 e. The van der Waals surface area contributed by atoms with Crippen molar-refractivity contribution in [2.45, 2.75) is 0 Å². The van der Waals surface area contributed by atoms with Crippen LogP contribution < -0.4 is 10.6 Å². The molecule has 1 heterocycles. The van der Waals surface area contributed by atoms with Crippen LogP contribution in [0.25, 0.3) is 6.08 Å². The zero-order chi connectivity index (χ0) is 20.3. The lowest BCUT2D eigenvalue weighted by Crippen LogP contribution is -2.38. The van der Waals surface area contributed by atoms with Gasteiger partial charge >= 0.3 is 11.7 Å². The van der Waals surface area contributed by atoms with E-state index in [9.17, 15) is 29.6 Å². The monoisotopic (exact) mass is 382 g/mol. The van der Waals surface area contributed by atoms with Crippen molar-refractivity contribution < 1.29 is 24.4 Å². The van der Waals surface area contributed by atoms with Crippen LogP contribution in [-0.2, 0) is 9.59 Å². The van der Waals surface area contributed by atoms with Gasteiger partial charge in [0.15, 0.2) is 5.75 Å². The van der Waals surface area contributed by atoms with Crippen LogP contribution in [-0.4, -0.2) is 39.3 Å². The summed E-state index contributed by atoms with van der Waals surface area (Å²) in [4.78, 5) is 47.3. The second-order valence-electron chi connectivity index (χ2n) is 5.80. The zero-order valence-corrected chi connectivity index (χ0v) is 14.3. The van der Waals surface area contributed by atoms with Gasteiger partial charge in [0.05, 0.1) is 4.92 Å². The van der Waals surface area contributed by atoms with Crippen LogP contribution in [0.3, 0.4) is 0 Å². The van der Waals surface area contributed by atoms with Crippen molar-refractivity contribution in [3.05, 3.63) is 69.9 Å². The third-order valence-electron chi connectivity index (χ3n) is 3.83. The first-order valence-corrected chi connectivity index (χ1v) is 8.02. The van der Waals surface area contributed by atoms with Gasteiger partial charge in [-0.15, -0.1) is 0 Å². The Morgan fingerprint density at radius 3 is 2.61 bits per heavy atom. The largest absolute Gasteiger partial charge is 0.502 e. The molecule has 0 atom stereocenters. The quantitative estimate of drug-likeness (QED) is 0.312. The zero-order valence-electron chi connectivity index (χ0n) is 14.3. The number of nitro groups is 1. The van der Waals surface area contributed by atoms with Gasteiger partial charge in [-0.1, -0.05) is 24.3 Å². The Balaban J connectivity index is 1.74. The molecule has 1 saturated heterocycles. The Kier molecular flexibility index (Phi) is 5.03. The van der Waals surface area contributed by atoms with Crippen molar-refractivity contribution in [1.29, 1.82) is 0 Å². The number of phenols is 1. The predicted octanol–water partition coefficient (Wildman–Crippen LogP) is 1.83. The van der Waals surface area contributed by atoms with Gasteiger partial charge in [-0.05, 0) is 29.8 Å². The SMILES string of the molecule is O=C(CN1C(=O)NC(=Cc2ccc(O)c([N+](=O)[O-])c2)C1=O)Nc1ccccc1. The molecule has 1 aliphatic rings. The molecule has 0 saturated carbocycles. The maximum Gasteiger partial charge on any atom is 0.329 e. The van der Waals surface area contributed by atoms with E-state index in [1.165, 1.54) is 12.1 Å². The van der Waals surface area contributed by atoms with E-state index in [0.717, 1.165) is 17.0 Å². The van der Waals surface area contributed by atoms with Gasteiger partial charge < -0.3 is 15.7 Å². The highest BCUT2D eigenvalue weighted by Crippen LogP contribution is 2.27. The Morgan fingerprint density at radius 2 is 1.93 bits per heavy atom. The molecule has 0 aliphatic carbocycles. The molecule has 0 spiro atoms. The molecule has 4 amide bonds. The Morgan fingerprint density at radius 1 is 1.21 bits per heavy atom. The molecule has 1 fully saturated rings. The average molecular weight is 382 g/mol. The van der Waals surface area contributed by atoms with Crippen LogP contribution in [0.2, 0.25) is 0 Å². The van der Waals surface area contributed by atoms with E-state index in [1.54, 1.807) is 30.3 Å². The topological polar surface area (TPSA) is 142 Å². The molecule has 3 N–H and O–H groups in total. The lowest BCUT2D eigenvalue weighted by molar-refractivity contribution is -0.385. The first kappa shape index (κ1) is 18.6. The van der Waals surface area contributed by atoms with Crippen molar-refractivity contribution >= 4 is 35.3 Å². The third-order valence-corrected chi connectivity index (χ3v) is 3.83. The summed E-state index contributed by atoms with van der Waals surface area (Å²) in [5.74, 6) is -1.83. The fourth-order valence-corrected chi connectivity index (χ4v) is 2.52. The van der Waals surface area contributed by atoms with Crippen LogP contribution in [0.15, 0.2) is 54.2 Å². The number of phenolic OH excluding ortho intramolecular Hbond substituents is 1. The van der Waals surface area contributed by atoms with Gasteiger partial charge in [0.25, 0.3) is 5.91 Å². The number of hydrogen-bond acceptors (Lipinski definition) is 6. The molecule has 2 aromatic rings. The summed E-state index contributed by atoms with van der Waals surface area (Å²) in [5.41, 5.74) is 0.0678. The summed E-state index contributed by atoms with van der Waals surface area (Å²) in [6.07, 6.45) is 1.22. The van der Waals surface area contributed by atoms with Crippen molar-refractivity contribution in [1.82, 2.24) is 10.2 Å². The molecule has 28 heavy (non-hydrogen) atoms. The second-order valence-corrected chi connectivity index (χ2v) is 5.80. The standard InChI is InChI=1S/C18H14N4O6/c23-15-7-6-11(9-14(15)22(27)28)8-13-17(25)21(18(26)20-13)10-16(24)19-12-4-2-1-3-5-12/h1-9,23H,10H2,(H,19,24)(H,20,26). The van der Waals surface area contributed by atoms with E-state index in [2.05, 4.69) is 10.6 Å². The van der Waals surface area contributed by atoms with Crippen molar-refractivity contribution in [2.24, 2.45) is 0 Å². The number of imide groups is 1. The summed E-state index contributed by atoms with van der Waals surface area (Å²) < 4.78 is 0. The molecule has 2 aromatic carbocycles. The highest BCUT2D eigenvalue weighted by Gasteiger charge is 2.35. The maximum atomic E-state index is 12.4. The number of para-hydroxylation sites is 1. The van der Waals surface area contributed by atoms with Gasteiger partial charge in [0, 0.05) is 11.8 Å². The number of amides is 4. The Hall–Kier alpha value is -4.21. The van der Waals surface area contributed by atoms with E-state index < -0.39 is 40.8 Å². The Bertz CT molecular complexity index is 1000. The van der Waals surface area contributed by atoms with E-state index in [0.29, 0.717) is 5.69 Å². The first-order chi connectivity index (χ1) is 13.3. The number of hydrogen-bond donors (Lipinski definition) is 3. The smallest absolute Gasteiger partial charge is 0.329 e. The van der Waals surface area contributed by atoms with E-state index in [-0.39, 0.29) is 11.3 Å². The predicted molar refractivity (Wildman–Crippen MR) is 98.1 cm³/mol. The molecular formula is C18H14N4O6. The lowest BCUT2D eigenvalue weighted by Gasteiger charge is -2.11. The van der Waals surface area contributed by atoms with Gasteiger partial charge in [-0.3, -0.25) is 19.7 Å². The van der Waals surface area contributed by atoms with E-state index >= 15 is 0 Å². The van der Waals surface area contributed by atoms with Gasteiger partial charge in [-0.2, -0.15) is 0 Å². The van der Waals surface area contributed by atoms with E-state index in [4.69, 9.17) is 0 Å². The number of nitro benzene ring substituents is 1. The molecule has 0 radical (unpaired) electrons. The fraction of sp³-hybridized carbons (Fsp3) is 0.0556. The van der Waals surface area contributed by atoms with E-state index in [1.807, 2.05) is 0 Å². The summed E-state index contributed by atoms with van der Waals surface area (Å²) in [5, 5.41) is 25.2. The highest BCUT2D eigenvalue weighted by atomic mass is 16.6. The minimum atomic E-state index is -0.785. The van der Waals surface area contributed by atoms with Gasteiger partial charge in [-0.25, -0.2) is 9.69 Å². The fourth-order valence-electron chi connectivity index (χ4n) is 2.52. The summed E-state index contributed by atoms with van der Waals surface area (Å²) >= 11 is 0. The molecule has 0 unspecified atom stereocenters. The molecule has 0 bridgehead atoms. The number of carbonyl (C=O) groups is 3. The van der Waals surface area contributed by atoms with Crippen LogP contribution in [0, 0.1) is 10.1 Å². The van der Waals surface area contributed by atoms with Crippen molar-refractivity contribution in [3.63, 3.8) is 0 Å². The third kappa shape index (κ3) is 3.96. The van der Waals surface area contributed by atoms with Crippen molar-refractivity contribution in [2.75, 3.05) is 11.9 Å². The van der Waals surface area contributed by atoms with Crippen LogP contribution in [0.1, 0.15) is 5.56 Å². The number of carbonyl (C=O) groups excluding carboxylic acids is 3. The molecular weight excluding hydrogens is 368 g/mol. The number of anilines is 1. The summed E-state index contributed by atoms with van der Waals surface area (Å²) in [7, 11) is 0. The molecule has 3 rings (SSSR count). The lowest BCUT2D eigenvalue weighted by atomic mass is 10.1. The number of aromatic hydroxyl groups is 1. The molecule has 1 aliphatic heterocycles. The summed E-state index contributed by atoms with van der Waals surface area (Å²) in [6.45, 7) is -0.493. The number of benzene rings is 2. The maximum absolute atomic E-state index is 12.4. The van der Waals surface area contributed by atoms with Crippen molar-refractivity contribution in [3.8, 4) is 5.75 Å². The first-order valence-electron chi connectivity index (χ1n) is 8.02. The molecule has 142 valence electrons. The summed E-state index contributed by atoms with van der Waals surface area (Å²) in [6, 6.07) is 11.3. The van der Waals surface area contributed by atoms with Crippen LogP contribution >= 0.6 is 0 Å². The molecule has 10 nitrogen and oxygen atoms in total. The number of nitrogens with zero attached hydrogens (tertiary/aromatic N) is 2. The highest BCUT2D eigenvalue weighted by molar-refractivity contribution is 6.15. The van der Waals surface area contributed by atoms with Crippen LogP contribution in [0.5, 0.6) is 5.75 Å². The number of nitrogens with one attached hydrogen (secondary N) is 2. The van der Waals surface area contributed by atoms with Gasteiger partial charge in [0.2, 0.25) is 5.91 Å². The normalized spacial score (nSPS) is 14.9. The molecule has 10 heteroatoms. The van der Waals surface area contributed by atoms with Crippen LogP contribution in [0.4, 0.5) is 16.2 Å². The molecule has 0 aromatic heterocycles. The average Bonchev–Trinajstić information content (AvgIpc) is 2.91. The minimum absolute atomic E-state index is 0.141. The van der Waals surface area contributed by atoms with Gasteiger partial charge in [0.1, 0.15) is 12.2 Å².